The van der Waals surface area contributed by atoms with Crippen LogP contribution >= 0.6 is 23.4 Å². The van der Waals surface area contributed by atoms with E-state index in [0.29, 0.717) is 23.1 Å². The quantitative estimate of drug-likeness (QED) is 0.530. The minimum absolute atomic E-state index is 0.00647. The van der Waals surface area contributed by atoms with Crippen molar-refractivity contribution >= 4 is 46.7 Å². The minimum atomic E-state index is -0.960. The number of nitrogens with zero attached hydrogens (tertiary/aromatic N) is 2. The predicted molar refractivity (Wildman–Crippen MR) is 123 cm³/mol. The first-order chi connectivity index (χ1) is 14.9. The highest BCUT2D eigenvalue weighted by Crippen LogP contribution is 2.41. The van der Waals surface area contributed by atoms with Crippen LogP contribution < -0.4 is 10.2 Å². The van der Waals surface area contributed by atoms with Crippen LogP contribution in [0.2, 0.25) is 5.02 Å². The molecule has 0 aliphatic carbocycles. The van der Waals surface area contributed by atoms with Gasteiger partial charge in [-0.2, -0.15) is 0 Å². The van der Waals surface area contributed by atoms with E-state index in [1.807, 2.05) is 31.2 Å². The molecule has 2 heterocycles. The summed E-state index contributed by atoms with van der Waals surface area (Å²) in [7, 11) is 0. The molecule has 0 fully saturated rings. The summed E-state index contributed by atoms with van der Waals surface area (Å²) < 4.78 is 0. The van der Waals surface area contributed by atoms with E-state index in [-0.39, 0.29) is 17.5 Å². The van der Waals surface area contributed by atoms with Crippen LogP contribution in [-0.4, -0.2) is 27.7 Å². The second-order valence-corrected chi connectivity index (χ2v) is 8.65. The second-order valence-electron chi connectivity index (χ2n) is 7.20. The number of benzene rings is 2. The smallest absolute Gasteiger partial charge is 0.335 e. The summed E-state index contributed by atoms with van der Waals surface area (Å²) in [5.41, 5.74) is 2.84. The molecule has 0 spiro atoms. The van der Waals surface area contributed by atoms with Crippen molar-refractivity contribution in [2.45, 2.75) is 24.4 Å². The monoisotopic (exact) mass is 453 g/mol. The van der Waals surface area contributed by atoms with Crippen LogP contribution in [-0.2, 0) is 11.3 Å². The molecule has 1 amide bonds. The Morgan fingerprint density at radius 3 is 2.74 bits per heavy atom. The highest BCUT2D eigenvalue weighted by Gasteiger charge is 2.29. The lowest BCUT2D eigenvalue weighted by molar-refractivity contribution is -0.116. The molecule has 2 aromatic carbocycles. The van der Waals surface area contributed by atoms with Crippen molar-refractivity contribution in [3.63, 3.8) is 0 Å². The van der Waals surface area contributed by atoms with Crippen LogP contribution in [0, 0.1) is 0 Å². The Hall–Kier alpha value is -3.03. The van der Waals surface area contributed by atoms with Crippen molar-refractivity contribution in [3.8, 4) is 0 Å². The first kappa shape index (κ1) is 21.2. The number of halogens is 1. The van der Waals surface area contributed by atoms with Gasteiger partial charge in [0, 0.05) is 16.1 Å². The lowest BCUT2D eigenvalue weighted by atomic mass is 10.1. The topological polar surface area (TPSA) is 82.5 Å². The Morgan fingerprint density at radius 1 is 1.26 bits per heavy atom. The highest BCUT2D eigenvalue weighted by molar-refractivity contribution is 8.00. The number of thioether (sulfide) groups is 1. The van der Waals surface area contributed by atoms with Crippen LogP contribution in [0.4, 0.5) is 11.5 Å². The number of carbonyl (C=O) groups is 2. The molecule has 0 saturated heterocycles. The molecule has 2 N–H and O–H groups in total. The van der Waals surface area contributed by atoms with Crippen LogP contribution in [0.25, 0.3) is 0 Å². The molecule has 8 heteroatoms. The molecule has 1 atom stereocenters. The van der Waals surface area contributed by atoms with E-state index in [0.717, 1.165) is 21.7 Å². The molecular formula is C23H20ClN3O3S. The lowest BCUT2D eigenvalue weighted by Crippen LogP contribution is -2.35. The van der Waals surface area contributed by atoms with Gasteiger partial charge in [0.15, 0.2) is 5.82 Å². The van der Waals surface area contributed by atoms with Gasteiger partial charge in [-0.3, -0.25) is 4.79 Å². The van der Waals surface area contributed by atoms with Crippen molar-refractivity contribution in [3.05, 3.63) is 82.5 Å². The van der Waals surface area contributed by atoms with Crippen molar-refractivity contribution in [1.82, 2.24) is 4.98 Å². The Kier molecular flexibility index (Phi) is 6.15. The Balaban J connectivity index is 1.64. The number of hydrogen-bond donors (Lipinski definition) is 2. The van der Waals surface area contributed by atoms with Gasteiger partial charge in [-0.15, -0.1) is 11.8 Å². The van der Waals surface area contributed by atoms with Crippen LogP contribution in [0.15, 0.2) is 65.7 Å². The van der Waals surface area contributed by atoms with Gasteiger partial charge in [0.1, 0.15) is 5.69 Å². The number of anilines is 2. The first-order valence-corrected chi connectivity index (χ1v) is 11.0. The highest BCUT2D eigenvalue weighted by atomic mass is 35.5. The standard InChI is InChI=1S/C23H20ClN3O3S/c1-14(16-5-7-17(8-6-16)23(29)30)26-22-21-19(9-10-25-22)31-13-20(28)27(21)12-15-3-2-4-18(24)11-15/h2-11,14H,12-13H2,1H3,(H,25,26)(H,29,30)/t14-/m0/s1. The maximum absolute atomic E-state index is 12.8. The number of fused-ring (bicyclic) bond motifs is 1. The van der Waals surface area contributed by atoms with Gasteiger partial charge in [0.05, 0.1) is 23.9 Å². The molecule has 0 bridgehead atoms. The van der Waals surface area contributed by atoms with Gasteiger partial charge in [0.25, 0.3) is 0 Å². The van der Waals surface area contributed by atoms with Crippen molar-refractivity contribution in [2.24, 2.45) is 0 Å². The molecule has 0 saturated carbocycles. The molecule has 1 aliphatic heterocycles. The summed E-state index contributed by atoms with van der Waals surface area (Å²) in [5.74, 6) is 0.0171. The van der Waals surface area contributed by atoms with Crippen molar-refractivity contribution < 1.29 is 14.7 Å². The van der Waals surface area contributed by atoms with E-state index >= 15 is 0 Å². The SMILES string of the molecule is C[C@H](Nc1nccc2c1N(Cc1cccc(Cl)c1)C(=O)CS2)c1ccc(C(=O)O)cc1. The number of rotatable bonds is 6. The fourth-order valence-electron chi connectivity index (χ4n) is 3.45. The maximum atomic E-state index is 12.8. The molecule has 4 rings (SSSR count). The number of aromatic carboxylic acids is 1. The van der Waals surface area contributed by atoms with Gasteiger partial charge in [-0.25, -0.2) is 9.78 Å². The molecular weight excluding hydrogens is 434 g/mol. The fourth-order valence-corrected chi connectivity index (χ4v) is 4.60. The minimum Gasteiger partial charge on any atom is -0.478 e. The van der Waals surface area contributed by atoms with Crippen LogP contribution in [0.1, 0.15) is 34.5 Å². The fraction of sp³-hybridized carbons (Fsp3) is 0.174. The zero-order valence-corrected chi connectivity index (χ0v) is 18.3. The number of carbonyl (C=O) groups excluding carboxylic acids is 1. The summed E-state index contributed by atoms with van der Waals surface area (Å²) in [5, 5.41) is 13.1. The van der Waals surface area contributed by atoms with Gasteiger partial charge >= 0.3 is 5.97 Å². The molecule has 158 valence electrons. The molecule has 0 unspecified atom stereocenters. The second kappa shape index (κ2) is 8.99. The van der Waals surface area contributed by atoms with Crippen LogP contribution in [0.3, 0.4) is 0 Å². The summed E-state index contributed by atoms with van der Waals surface area (Å²) in [6.45, 7) is 2.37. The van der Waals surface area contributed by atoms with E-state index in [1.165, 1.54) is 11.8 Å². The number of pyridine rings is 1. The average Bonchev–Trinajstić information content (AvgIpc) is 2.76. The normalized spacial score (nSPS) is 14.1. The Morgan fingerprint density at radius 2 is 2.03 bits per heavy atom. The third-order valence-electron chi connectivity index (χ3n) is 5.05. The number of aromatic nitrogens is 1. The van der Waals surface area contributed by atoms with E-state index < -0.39 is 5.97 Å². The summed E-state index contributed by atoms with van der Waals surface area (Å²) >= 11 is 7.62. The average molecular weight is 454 g/mol. The third kappa shape index (κ3) is 4.68. The Bertz CT molecular complexity index is 1140. The molecule has 0 radical (unpaired) electrons. The maximum Gasteiger partial charge on any atom is 0.335 e. The zero-order chi connectivity index (χ0) is 22.0. The number of carboxylic acid groups (broad SMARTS) is 1. The van der Waals surface area contributed by atoms with Gasteiger partial charge in [-0.05, 0) is 48.4 Å². The molecule has 3 aromatic rings. The molecule has 1 aliphatic rings. The van der Waals surface area contributed by atoms with Crippen molar-refractivity contribution in [2.75, 3.05) is 16.0 Å². The predicted octanol–water partition coefficient (Wildman–Crippen LogP) is 5.25. The van der Waals surface area contributed by atoms with E-state index in [4.69, 9.17) is 16.7 Å². The van der Waals surface area contributed by atoms with Gasteiger partial charge < -0.3 is 15.3 Å². The summed E-state index contributed by atoms with van der Waals surface area (Å²) in [6.07, 6.45) is 1.72. The summed E-state index contributed by atoms with van der Waals surface area (Å²) in [4.78, 5) is 31.1. The van der Waals surface area contributed by atoms with E-state index in [2.05, 4.69) is 10.3 Å². The number of carboxylic acids is 1. The number of nitrogens with one attached hydrogen (secondary N) is 1. The van der Waals surface area contributed by atoms with E-state index in [1.54, 1.807) is 41.4 Å². The Labute approximate surface area is 189 Å². The molecule has 6 nitrogen and oxygen atoms in total. The van der Waals surface area contributed by atoms with Crippen molar-refractivity contribution in [1.29, 1.82) is 0 Å². The number of amides is 1. The lowest BCUT2D eigenvalue weighted by Gasteiger charge is -2.31. The molecule has 1 aromatic heterocycles. The first-order valence-electron chi connectivity index (χ1n) is 9.69. The van der Waals surface area contributed by atoms with Gasteiger partial charge in [-0.1, -0.05) is 35.9 Å². The largest absolute Gasteiger partial charge is 0.478 e. The third-order valence-corrected chi connectivity index (χ3v) is 6.32. The van der Waals surface area contributed by atoms with Crippen LogP contribution in [0.5, 0.6) is 0 Å². The summed E-state index contributed by atoms with van der Waals surface area (Å²) in [6, 6.07) is 15.9. The molecule has 31 heavy (non-hydrogen) atoms. The van der Waals surface area contributed by atoms with E-state index in [9.17, 15) is 9.59 Å². The van der Waals surface area contributed by atoms with Gasteiger partial charge in [0.2, 0.25) is 5.91 Å². The zero-order valence-electron chi connectivity index (χ0n) is 16.7. The number of hydrogen-bond acceptors (Lipinski definition) is 5.